The molecule has 0 aliphatic heterocycles. The number of hydrogen-bond acceptors (Lipinski definition) is 3. The Morgan fingerprint density at radius 2 is 1.77 bits per heavy atom. The van der Waals surface area contributed by atoms with Gasteiger partial charge in [0.15, 0.2) is 9.84 Å². The van der Waals surface area contributed by atoms with Gasteiger partial charge in [0.2, 0.25) is 5.91 Å². The number of fused-ring (bicyclic) bond motifs is 1. The third-order valence-corrected chi connectivity index (χ3v) is 5.85. The highest BCUT2D eigenvalue weighted by atomic mass is 32.2. The number of rotatable bonds is 6. The van der Waals surface area contributed by atoms with E-state index in [9.17, 15) is 13.2 Å². The Labute approximate surface area is 153 Å². The quantitative estimate of drug-likeness (QED) is 0.718. The molecule has 0 aliphatic rings. The van der Waals surface area contributed by atoms with Crippen LogP contribution < -0.4 is 5.32 Å². The average Bonchev–Trinajstić information content (AvgIpc) is 2.97. The number of nitrogens with zero attached hydrogens (tertiary/aromatic N) is 1. The molecule has 0 aliphatic carbocycles. The molecule has 0 saturated carbocycles. The molecule has 1 amide bonds. The first kappa shape index (κ1) is 18.2. The number of benzene rings is 2. The fourth-order valence-electron chi connectivity index (χ4n) is 2.97. The van der Waals surface area contributed by atoms with Crippen molar-refractivity contribution in [2.45, 2.75) is 31.7 Å². The molecule has 0 atom stereocenters. The van der Waals surface area contributed by atoms with E-state index in [0.717, 1.165) is 24.0 Å². The fourth-order valence-corrected chi connectivity index (χ4v) is 4.34. The van der Waals surface area contributed by atoms with E-state index in [1.165, 1.54) is 0 Å². The van der Waals surface area contributed by atoms with Crippen molar-refractivity contribution in [3.63, 3.8) is 0 Å². The number of nitrogens with one attached hydrogen (secondary N) is 1. The Hall–Kier alpha value is -2.60. The zero-order valence-electron chi connectivity index (χ0n) is 14.9. The molecule has 1 heterocycles. The highest BCUT2D eigenvalue weighted by molar-refractivity contribution is 7.92. The fraction of sp³-hybridized carbons (Fsp3) is 0.250. The van der Waals surface area contributed by atoms with Crippen LogP contribution in [-0.4, -0.2) is 24.6 Å². The summed E-state index contributed by atoms with van der Waals surface area (Å²) in [5, 5.41) is 3.31. The molecule has 0 fully saturated rings. The topological polar surface area (TPSA) is 68.2 Å². The van der Waals surface area contributed by atoms with Gasteiger partial charge in [-0.15, -0.1) is 0 Å². The molecular formula is C20H22N2O3S. The van der Waals surface area contributed by atoms with Crippen LogP contribution in [0.5, 0.6) is 0 Å². The minimum absolute atomic E-state index is 0.209. The highest BCUT2D eigenvalue weighted by Crippen LogP contribution is 2.26. The second-order valence-electron chi connectivity index (χ2n) is 6.38. The molecule has 0 unspecified atom stereocenters. The predicted octanol–water partition coefficient (Wildman–Crippen LogP) is 3.77. The summed E-state index contributed by atoms with van der Waals surface area (Å²) in [4.78, 5) is 12.5. The van der Waals surface area contributed by atoms with Crippen molar-refractivity contribution in [2.75, 3.05) is 11.1 Å². The van der Waals surface area contributed by atoms with Crippen molar-refractivity contribution in [3.05, 3.63) is 60.3 Å². The summed E-state index contributed by atoms with van der Waals surface area (Å²) in [7, 11) is -3.74. The van der Waals surface area contributed by atoms with Crippen LogP contribution in [0.1, 0.15) is 18.9 Å². The average molecular weight is 370 g/mol. The standard InChI is InChI=1S/C20H22N2O3S/c1-3-12-22-13-19(17-6-4-5-7-18(17)22)26(24,25)14-20(23)21-16-10-8-15(2)9-11-16/h4-11,13H,3,12,14H2,1-2H3,(H,21,23). The van der Waals surface area contributed by atoms with Crippen molar-refractivity contribution in [1.29, 1.82) is 0 Å². The van der Waals surface area contributed by atoms with Gasteiger partial charge in [0, 0.05) is 29.3 Å². The van der Waals surface area contributed by atoms with Crippen LogP contribution in [0.2, 0.25) is 0 Å². The number of hydrogen-bond donors (Lipinski definition) is 1. The Balaban J connectivity index is 1.87. The molecule has 0 saturated heterocycles. The summed E-state index contributed by atoms with van der Waals surface area (Å²) in [6.07, 6.45) is 2.54. The molecule has 1 N–H and O–H groups in total. The molecule has 1 aromatic heterocycles. The summed E-state index contributed by atoms with van der Waals surface area (Å²) in [6.45, 7) is 4.71. The molecule has 2 aromatic carbocycles. The maximum Gasteiger partial charge on any atom is 0.239 e. The van der Waals surface area contributed by atoms with E-state index >= 15 is 0 Å². The lowest BCUT2D eigenvalue weighted by Gasteiger charge is -2.06. The number of sulfone groups is 1. The number of anilines is 1. The first-order valence-electron chi connectivity index (χ1n) is 8.58. The van der Waals surface area contributed by atoms with Crippen LogP contribution in [0.4, 0.5) is 5.69 Å². The van der Waals surface area contributed by atoms with Crippen LogP contribution in [0.15, 0.2) is 59.6 Å². The van der Waals surface area contributed by atoms with Crippen molar-refractivity contribution in [1.82, 2.24) is 4.57 Å². The normalized spacial score (nSPS) is 11.6. The van der Waals surface area contributed by atoms with E-state index in [4.69, 9.17) is 0 Å². The second-order valence-corrected chi connectivity index (χ2v) is 8.34. The van der Waals surface area contributed by atoms with Crippen LogP contribution in [-0.2, 0) is 21.2 Å². The van der Waals surface area contributed by atoms with Crippen molar-refractivity contribution < 1.29 is 13.2 Å². The molecule has 3 rings (SSSR count). The summed E-state index contributed by atoms with van der Waals surface area (Å²) in [6, 6.07) is 14.6. The molecule has 3 aromatic rings. The van der Waals surface area contributed by atoms with Gasteiger partial charge in [0.05, 0.1) is 4.90 Å². The lowest BCUT2D eigenvalue weighted by molar-refractivity contribution is -0.113. The molecule has 136 valence electrons. The van der Waals surface area contributed by atoms with Gasteiger partial charge in [0.1, 0.15) is 5.75 Å². The van der Waals surface area contributed by atoms with Gasteiger partial charge < -0.3 is 9.88 Å². The van der Waals surface area contributed by atoms with E-state index in [2.05, 4.69) is 5.32 Å². The maximum absolute atomic E-state index is 12.8. The smallest absolute Gasteiger partial charge is 0.239 e. The van der Waals surface area contributed by atoms with Crippen LogP contribution >= 0.6 is 0 Å². The number of carbonyl (C=O) groups excluding carboxylic acids is 1. The summed E-state index contributed by atoms with van der Waals surface area (Å²) in [5.74, 6) is -1.12. The SMILES string of the molecule is CCCn1cc(S(=O)(=O)CC(=O)Nc2ccc(C)cc2)c2ccccc21. The van der Waals surface area contributed by atoms with Crippen molar-refractivity contribution in [2.24, 2.45) is 0 Å². The third kappa shape index (κ3) is 3.80. The van der Waals surface area contributed by atoms with Gasteiger partial charge in [-0.2, -0.15) is 0 Å². The first-order valence-corrected chi connectivity index (χ1v) is 10.2. The third-order valence-electron chi connectivity index (χ3n) is 4.21. The summed E-state index contributed by atoms with van der Waals surface area (Å²) in [5.41, 5.74) is 2.52. The van der Waals surface area contributed by atoms with Gasteiger partial charge in [-0.1, -0.05) is 42.8 Å². The monoisotopic (exact) mass is 370 g/mol. The summed E-state index contributed by atoms with van der Waals surface area (Å²) < 4.78 is 27.6. The van der Waals surface area contributed by atoms with Gasteiger partial charge in [-0.3, -0.25) is 4.79 Å². The minimum Gasteiger partial charge on any atom is -0.346 e. The molecule has 0 radical (unpaired) electrons. The Kier molecular flexibility index (Phi) is 5.13. The second kappa shape index (κ2) is 7.33. The number of carbonyl (C=O) groups is 1. The van der Waals surface area contributed by atoms with E-state index < -0.39 is 21.5 Å². The number of aryl methyl sites for hydroxylation is 2. The Bertz CT molecular complexity index is 1030. The number of amides is 1. The van der Waals surface area contributed by atoms with E-state index in [0.29, 0.717) is 11.1 Å². The van der Waals surface area contributed by atoms with Gasteiger partial charge in [-0.25, -0.2) is 8.42 Å². The number of para-hydroxylation sites is 1. The predicted molar refractivity (Wildman–Crippen MR) is 104 cm³/mol. The van der Waals surface area contributed by atoms with E-state index in [-0.39, 0.29) is 4.90 Å². The summed E-state index contributed by atoms with van der Waals surface area (Å²) >= 11 is 0. The Morgan fingerprint density at radius 1 is 1.08 bits per heavy atom. The minimum atomic E-state index is -3.74. The molecule has 0 bridgehead atoms. The Morgan fingerprint density at radius 3 is 2.46 bits per heavy atom. The van der Waals surface area contributed by atoms with Crippen LogP contribution in [0.25, 0.3) is 10.9 Å². The number of aromatic nitrogens is 1. The van der Waals surface area contributed by atoms with Crippen LogP contribution in [0, 0.1) is 6.92 Å². The van der Waals surface area contributed by atoms with E-state index in [1.807, 2.05) is 48.7 Å². The maximum atomic E-state index is 12.8. The zero-order chi connectivity index (χ0) is 18.7. The van der Waals surface area contributed by atoms with Gasteiger partial charge in [-0.05, 0) is 31.5 Å². The highest BCUT2D eigenvalue weighted by Gasteiger charge is 2.24. The van der Waals surface area contributed by atoms with Gasteiger partial charge >= 0.3 is 0 Å². The lowest BCUT2D eigenvalue weighted by Crippen LogP contribution is -2.23. The largest absolute Gasteiger partial charge is 0.346 e. The van der Waals surface area contributed by atoms with Crippen molar-refractivity contribution >= 4 is 32.3 Å². The van der Waals surface area contributed by atoms with Crippen molar-refractivity contribution in [3.8, 4) is 0 Å². The molecule has 6 heteroatoms. The molecular weight excluding hydrogens is 348 g/mol. The molecule has 5 nitrogen and oxygen atoms in total. The van der Waals surface area contributed by atoms with Crippen LogP contribution in [0.3, 0.4) is 0 Å². The van der Waals surface area contributed by atoms with Gasteiger partial charge in [0.25, 0.3) is 0 Å². The first-order chi connectivity index (χ1) is 12.4. The zero-order valence-corrected chi connectivity index (χ0v) is 15.7. The van der Waals surface area contributed by atoms with E-state index in [1.54, 1.807) is 24.4 Å². The molecule has 26 heavy (non-hydrogen) atoms. The molecule has 0 spiro atoms. The lowest BCUT2D eigenvalue weighted by atomic mass is 10.2.